The predicted molar refractivity (Wildman–Crippen MR) is 87.3 cm³/mol. The van der Waals surface area contributed by atoms with Crippen molar-refractivity contribution in [1.82, 2.24) is 9.62 Å². The first-order chi connectivity index (χ1) is 10.6. The average molecular weight is 369 g/mol. The third kappa shape index (κ3) is 5.29. The fourth-order valence-corrected chi connectivity index (χ4v) is 3.86. The number of hydrogen-bond donors (Lipinski definition) is 1. The van der Waals surface area contributed by atoms with Crippen molar-refractivity contribution in [2.45, 2.75) is 11.3 Å². The minimum Gasteiger partial charge on any atom is -0.490 e. The number of nitrogens with one attached hydrogen (secondary N) is 1. The van der Waals surface area contributed by atoms with E-state index in [1.165, 1.54) is 23.5 Å². The molecule has 1 N–H and O–H groups in total. The zero-order chi connectivity index (χ0) is 16.0. The van der Waals surface area contributed by atoms with Gasteiger partial charge in [-0.25, -0.2) is 12.8 Å². The maximum absolute atomic E-state index is 13.5. The van der Waals surface area contributed by atoms with Gasteiger partial charge in [-0.2, -0.15) is 4.31 Å². The van der Waals surface area contributed by atoms with Crippen LogP contribution < -0.4 is 10.1 Å². The van der Waals surface area contributed by atoms with Gasteiger partial charge in [-0.15, -0.1) is 12.4 Å². The number of ether oxygens (including phenoxy) is 2. The smallest absolute Gasteiger partial charge is 0.246 e. The summed E-state index contributed by atoms with van der Waals surface area (Å²) in [5, 5.41) is 3.14. The molecule has 0 bridgehead atoms. The van der Waals surface area contributed by atoms with Gasteiger partial charge in [0.2, 0.25) is 10.0 Å². The second-order valence-electron chi connectivity index (χ2n) is 4.94. The summed E-state index contributed by atoms with van der Waals surface area (Å²) >= 11 is 0. The summed E-state index contributed by atoms with van der Waals surface area (Å²) in [5.74, 6) is -0.457. The third-order valence-corrected chi connectivity index (χ3v) is 5.29. The molecule has 23 heavy (non-hydrogen) atoms. The molecule has 1 fully saturated rings. The highest BCUT2D eigenvalue weighted by Crippen LogP contribution is 2.28. The van der Waals surface area contributed by atoms with Gasteiger partial charge in [0.05, 0.1) is 6.61 Å². The Balaban J connectivity index is 0.00000264. The first-order valence-corrected chi connectivity index (χ1v) is 8.62. The van der Waals surface area contributed by atoms with Gasteiger partial charge in [0.25, 0.3) is 0 Å². The third-order valence-electron chi connectivity index (χ3n) is 3.37. The maximum Gasteiger partial charge on any atom is 0.246 e. The second kappa shape index (κ2) is 9.39. The maximum atomic E-state index is 13.5. The predicted octanol–water partition coefficient (Wildman–Crippen LogP) is 1.26. The zero-order valence-corrected chi connectivity index (χ0v) is 14.6. The van der Waals surface area contributed by atoms with Crippen LogP contribution in [0, 0.1) is 5.82 Å². The fraction of sp³-hybridized carbons (Fsp3) is 0.571. The van der Waals surface area contributed by atoms with E-state index in [1.807, 2.05) is 0 Å². The molecule has 0 unspecified atom stereocenters. The first kappa shape index (κ1) is 20.1. The van der Waals surface area contributed by atoms with E-state index in [9.17, 15) is 12.8 Å². The van der Waals surface area contributed by atoms with Crippen molar-refractivity contribution in [2.24, 2.45) is 0 Å². The Labute approximate surface area is 142 Å². The molecule has 0 aliphatic carbocycles. The molecule has 2 rings (SSSR count). The summed E-state index contributed by atoms with van der Waals surface area (Å²) in [5.41, 5.74) is 0. The van der Waals surface area contributed by atoms with Crippen molar-refractivity contribution in [1.29, 1.82) is 0 Å². The molecule has 1 aliphatic heterocycles. The molecular weight excluding hydrogens is 347 g/mol. The molecule has 0 amide bonds. The van der Waals surface area contributed by atoms with Crippen molar-refractivity contribution in [3.8, 4) is 5.75 Å². The number of methoxy groups -OCH3 is 1. The SMILES string of the molecule is COCCOc1ccc(F)cc1S(=O)(=O)N1CCCNCC1.Cl. The Morgan fingerprint density at radius 1 is 1.26 bits per heavy atom. The van der Waals surface area contributed by atoms with E-state index >= 15 is 0 Å². The van der Waals surface area contributed by atoms with Crippen LogP contribution >= 0.6 is 12.4 Å². The Morgan fingerprint density at radius 2 is 2.04 bits per heavy atom. The molecule has 6 nitrogen and oxygen atoms in total. The Hall–Kier alpha value is -0.930. The Bertz CT molecular complexity index is 592. The molecule has 1 aromatic rings. The topological polar surface area (TPSA) is 67.9 Å². The van der Waals surface area contributed by atoms with Gasteiger partial charge in [-0.3, -0.25) is 0 Å². The molecular formula is C14H22ClFN2O4S. The lowest BCUT2D eigenvalue weighted by atomic mass is 10.3. The molecule has 1 heterocycles. The molecule has 0 radical (unpaired) electrons. The highest BCUT2D eigenvalue weighted by Gasteiger charge is 2.28. The summed E-state index contributed by atoms with van der Waals surface area (Å²) in [4.78, 5) is -0.134. The summed E-state index contributed by atoms with van der Waals surface area (Å²) in [6.45, 7) is 2.64. The zero-order valence-electron chi connectivity index (χ0n) is 13.0. The minimum atomic E-state index is -3.79. The van der Waals surface area contributed by atoms with Crippen LogP contribution in [0.1, 0.15) is 6.42 Å². The van der Waals surface area contributed by atoms with Crippen molar-refractivity contribution in [3.05, 3.63) is 24.0 Å². The van der Waals surface area contributed by atoms with Crippen LogP contribution in [-0.2, 0) is 14.8 Å². The second-order valence-corrected chi connectivity index (χ2v) is 6.85. The average Bonchev–Trinajstić information content (AvgIpc) is 2.78. The summed E-state index contributed by atoms with van der Waals surface area (Å²) < 4.78 is 50.7. The van der Waals surface area contributed by atoms with Crippen LogP contribution in [0.4, 0.5) is 4.39 Å². The van der Waals surface area contributed by atoms with Crippen molar-refractivity contribution in [2.75, 3.05) is 46.5 Å². The van der Waals surface area contributed by atoms with Gasteiger partial charge in [0.15, 0.2) is 0 Å². The summed E-state index contributed by atoms with van der Waals surface area (Å²) in [7, 11) is -2.26. The molecule has 0 atom stereocenters. The van der Waals surface area contributed by atoms with Gasteiger partial charge in [-0.05, 0) is 31.2 Å². The molecule has 132 valence electrons. The van der Waals surface area contributed by atoms with Gasteiger partial charge in [0.1, 0.15) is 23.1 Å². The van der Waals surface area contributed by atoms with Gasteiger partial charge >= 0.3 is 0 Å². The Kier molecular flexibility index (Phi) is 8.21. The number of sulfonamides is 1. The van der Waals surface area contributed by atoms with E-state index in [4.69, 9.17) is 9.47 Å². The first-order valence-electron chi connectivity index (χ1n) is 7.18. The number of rotatable bonds is 6. The minimum absolute atomic E-state index is 0. The molecule has 0 aromatic heterocycles. The van der Waals surface area contributed by atoms with Crippen LogP contribution in [0.15, 0.2) is 23.1 Å². The van der Waals surface area contributed by atoms with Crippen LogP contribution in [-0.4, -0.2) is 59.2 Å². The molecule has 1 saturated heterocycles. The number of nitrogens with zero attached hydrogens (tertiary/aromatic N) is 1. The Morgan fingerprint density at radius 3 is 2.78 bits per heavy atom. The molecule has 1 aromatic carbocycles. The normalized spacial score (nSPS) is 16.4. The monoisotopic (exact) mass is 368 g/mol. The van der Waals surface area contributed by atoms with Crippen LogP contribution in [0.25, 0.3) is 0 Å². The van der Waals surface area contributed by atoms with Crippen LogP contribution in [0.5, 0.6) is 5.75 Å². The van der Waals surface area contributed by atoms with Crippen LogP contribution in [0.3, 0.4) is 0 Å². The number of halogens is 2. The van der Waals surface area contributed by atoms with E-state index in [1.54, 1.807) is 0 Å². The highest BCUT2D eigenvalue weighted by atomic mass is 35.5. The van der Waals surface area contributed by atoms with E-state index in [-0.39, 0.29) is 29.7 Å². The van der Waals surface area contributed by atoms with E-state index in [0.717, 1.165) is 12.6 Å². The van der Waals surface area contributed by atoms with Crippen molar-refractivity contribution in [3.63, 3.8) is 0 Å². The van der Waals surface area contributed by atoms with E-state index < -0.39 is 15.8 Å². The lowest BCUT2D eigenvalue weighted by Crippen LogP contribution is -2.34. The van der Waals surface area contributed by atoms with Gasteiger partial charge in [0, 0.05) is 26.7 Å². The van der Waals surface area contributed by atoms with E-state index in [0.29, 0.717) is 32.7 Å². The van der Waals surface area contributed by atoms with Gasteiger partial charge < -0.3 is 14.8 Å². The lowest BCUT2D eigenvalue weighted by Gasteiger charge is -2.21. The number of hydrogen-bond acceptors (Lipinski definition) is 5. The quantitative estimate of drug-likeness (QED) is 0.765. The van der Waals surface area contributed by atoms with Crippen molar-refractivity contribution < 1.29 is 22.3 Å². The standard InChI is InChI=1S/C14H21FN2O4S.ClH/c1-20-9-10-21-13-4-3-12(15)11-14(13)22(18,19)17-7-2-5-16-6-8-17;/h3-4,11,16H,2,5-10H2,1H3;1H. The lowest BCUT2D eigenvalue weighted by molar-refractivity contribution is 0.144. The van der Waals surface area contributed by atoms with Gasteiger partial charge in [-0.1, -0.05) is 0 Å². The molecule has 0 spiro atoms. The van der Waals surface area contributed by atoms with E-state index in [2.05, 4.69) is 5.32 Å². The number of benzene rings is 1. The highest BCUT2D eigenvalue weighted by molar-refractivity contribution is 7.89. The molecule has 1 aliphatic rings. The molecule has 9 heteroatoms. The fourth-order valence-electron chi connectivity index (χ4n) is 2.24. The largest absolute Gasteiger partial charge is 0.490 e. The molecule has 0 saturated carbocycles. The van der Waals surface area contributed by atoms with Crippen LogP contribution in [0.2, 0.25) is 0 Å². The summed E-state index contributed by atoms with van der Waals surface area (Å²) in [6.07, 6.45) is 0.717. The summed E-state index contributed by atoms with van der Waals surface area (Å²) in [6, 6.07) is 3.54. The van der Waals surface area contributed by atoms with Crippen molar-refractivity contribution >= 4 is 22.4 Å².